The number of hydrogen-bond acceptors (Lipinski definition) is 5. The number of anilines is 3. The highest BCUT2D eigenvalue weighted by Gasteiger charge is 2.31. The number of urea groups is 1. The van der Waals surface area contributed by atoms with Crippen molar-refractivity contribution in [2.45, 2.75) is 6.18 Å². The van der Waals surface area contributed by atoms with E-state index in [0.29, 0.717) is 40.4 Å². The van der Waals surface area contributed by atoms with E-state index in [0.717, 1.165) is 0 Å². The highest BCUT2D eigenvalue weighted by molar-refractivity contribution is 6.01. The highest BCUT2D eigenvalue weighted by atomic mass is 19.4. The van der Waals surface area contributed by atoms with Gasteiger partial charge in [0.2, 0.25) is 0 Å². The number of nitrogen functional groups attached to an aromatic ring is 1. The maximum atomic E-state index is 13.8. The van der Waals surface area contributed by atoms with Crippen LogP contribution in [0.4, 0.5) is 39.7 Å². The Kier molecular flexibility index (Phi) is 4.89. The van der Waals surface area contributed by atoms with Gasteiger partial charge in [0.15, 0.2) is 5.82 Å². The number of alkyl halides is 3. The average molecular weight is 431 g/mol. The number of halogens is 4. The van der Waals surface area contributed by atoms with Gasteiger partial charge in [-0.3, -0.25) is 15.4 Å². The van der Waals surface area contributed by atoms with Crippen molar-refractivity contribution in [3.8, 4) is 11.3 Å². The Bertz CT molecular complexity index is 1270. The molecule has 8 nitrogen and oxygen atoms in total. The fraction of sp³-hybridized carbons (Fsp3) is 0.0526. The Hall–Kier alpha value is -4.22. The van der Waals surface area contributed by atoms with Crippen molar-refractivity contribution in [1.29, 1.82) is 0 Å². The van der Waals surface area contributed by atoms with Gasteiger partial charge in [0.1, 0.15) is 11.6 Å². The number of carbonyl (C=O) groups is 1. The quantitative estimate of drug-likeness (QED) is 0.358. The second kappa shape index (κ2) is 7.55. The SMILES string of the molecule is Nc1n[nH]c2ccnc(-c3ccc(NC(=O)Nc4cc(C(F)(F)F)ccc4F)nc3)c12. The third kappa shape index (κ3) is 4.08. The highest BCUT2D eigenvalue weighted by Crippen LogP contribution is 2.32. The molecule has 0 radical (unpaired) electrons. The lowest BCUT2D eigenvalue weighted by molar-refractivity contribution is -0.137. The summed E-state index contributed by atoms with van der Waals surface area (Å²) in [6.07, 6.45) is -1.68. The minimum absolute atomic E-state index is 0.0842. The van der Waals surface area contributed by atoms with E-state index in [2.05, 4.69) is 25.5 Å². The summed E-state index contributed by atoms with van der Waals surface area (Å²) in [4.78, 5) is 20.4. The van der Waals surface area contributed by atoms with E-state index in [1.807, 2.05) is 5.32 Å². The Morgan fingerprint density at radius 3 is 2.58 bits per heavy atom. The lowest BCUT2D eigenvalue weighted by Gasteiger charge is -2.11. The molecule has 0 aliphatic carbocycles. The number of aromatic amines is 1. The first-order valence-electron chi connectivity index (χ1n) is 8.72. The average Bonchev–Trinajstić information content (AvgIpc) is 3.10. The monoisotopic (exact) mass is 431 g/mol. The van der Waals surface area contributed by atoms with Crippen LogP contribution >= 0.6 is 0 Å². The van der Waals surface area contributed by atoms with E-state index < -0.39 is 29.3 Å². The number of H-pyrrole nitrogens is 1. The zero-order valence-corrected chi connectivity index (χ0v) is 15.5. The van der Waals surface area contributed by atoms with Crippen LogP contribution in [0.5, 0.6) is 0 Å². The number of benzene rings is 1. The molecular formula is C19H13F4N7O. The third-order valence-corrected chi connectivity index (χ3v) is 4.32. The standard InChI is InChI=1S/C19H13F4N7O/c20-11-3-2-10(19(21,22)23)7-13(11)27-18(31)28-14-4-1-9(8-26-14)16-15-12(5-6-25-16)29-30-17(15)24/h1-8H,(H3,24,29,30)(H2,26,27,28,31). The van der Waals surface area contributed by atoms with E-state index >= 15 is 0 Å². The number of fused-ring (bicyclic) bond motifs is 1. The summed E-state index contributed by atoms with van der Waals surface area (Å²) in [5.74, 6) is -0.660. The molecule has 12 heteroatoms. The zero-order chi connectivity index (χ0) is 22.2. The van der Waals surface area contributed by atoms with Crippen LogP contribution in [0, 0.1) is 5.82 Å². The molecular weight excluding hydrogens is 418 g/mol. The number of amides is 2. The van der Waals surface area contributed by atoms with Crippen molar-refractivity contribution in [2.24, 2.45) is 0 Å². The molecule has 0 spiro atoms. The van der Waals surface area contributed by atoms with Crippen LogP contribution in [-0.2, 0) is 6.18 Å². The predicted molar refractivity (Wildman–Crippen MR) is 106 cm³/mol. The zero-order valence-electron chi connectivity index (χ0n) is 15.5. The predicted octanol–water partition coefficient (Wildman–Crippen LogP) is 4.40. The van der Waals surface area contributed by atoms with Crippen molar-refractivity contribution in [1.82, 2.24) is 20.2 Å². The summed E-state index contributed by atoms with van der Waals surface area (Å²) in [5.41, 5.74) is 5.96. The van der Waals surface area contributed by atoms with Crippen molar-refractivity contribution < 1.29 is 22.4 Å². The lowest BCUT2D eigenvalue weighted by atomic mass is 10.1. The molecule has 4 aromatic rings. The van der Waals surface area contributed by atoms with Gasteiger partial charge in [0.25, 0.3) is 0 Å². The molecule has 3 aromatic heterocycles. The number of nitrogens with two attached hydrogens (primary N) is 1. The van der Waals surface area contributed by atoms with E-state index in [1.54, 1.807) is 18.3 Å². The summed E-state index contributed by atoms with van der Waals surface area (Å²) < 4.78 is 52.1. The molecule has 0 aliphatic rings. The first-order valence-corrected chi connectivity index (χ1v) is 8.72. The number of rotatable bonds is 3. The van der Waals surface area contributed by atoms with Gasteiger partial charge >= 0.3 is 12.2 Å². The van der Waals surface area contributed by atoms with Gasteiger partial charge in [-0.15, -0.1) is 0 Å². The lowest BCUT2D eigenvalue weighted by Crippen LogP contribution is -2.21. The van der Waals surface area contributed by atoms with Gasteiger partial charge in [-0.05, 0) is 36.4 Å². The minimum Gasteiger partial charge on any atom is -0.382 e. The largest absolute Gasteiger partial charge is 0.416 e. The minimum atomic E-state index is -4.67. The fourth-order valence-electron chi connectivity index (χ4n) is 2.88. The van der Waals surface area contributed by atoms with Gasteiger partial charge < -0.3 is 11.1 Å². The second-order valence-corrected chi connectivity index (χ2v) is 6.39. The van der Waals surface area contributed by atoms with Gasteiger partial charge in [-0.25, -0.2) is 14.2 Å². The summed E-state index contributed by atoms with van der Waals surface area (Å²) in [7, 11) is 0. The summed E-state index contributed by atoms with van der Waals surface area (Å²) in [6, 6.07) is 5.53. The van der Waals surface area contributed by atoms with Crippen LogP contribution in [-0.4, -0.2) is 26.2 Å². The Morgan fingerprint density at radius 2 is 1.87 bits per heavy atom. The van der Waals surface area contributed by atoms with E-state index in [9.17, 15) is 22.4 Å². The second-order valence-electron chi connectivity index (χ2n) is 6.39. The molecule has 3 heterocycles. The maximum Gasteiger partial charge on any atom is 0.416 e. The van der Waals surface area contributed by atoms with Crippen LogP contribution in [0.25, 0.3) is 22.2 Å². The Morgan fingerprint density at radius 1 is 1.06 bits per heavy atom. The number of nitrogens with one attached hydrogen (secondary N) is 3. The Balaban J connectivity index is 1.51. The molecule has 0 saturated heterocycles. The van der Waals surface area contributed by atoms with Crippen molar-refractivity contribution in [3.05, 3.63) is 60.2 Å². The van der Waals surface area contributed by atoms with Crippen LogP contribution in [0.15, 0.2) is 48.8 Å². The summed E-state index contributed by atoms with van der Waals surface area (Å²) in [5, 5.41) is 11.7. The molecule has 0 saturated carbocycles. The summed E-state index contributed by atoms with van der Waals surface area (Å²) in [6.45, 7) is 0. The number of hydrogen-bond donors (Lipinski definition) is 4. The van der Waals surface area contributed by atoms with Crippen molar-refractivity contribution in [2.75, 3.05) is 16.4 Å². The van der Waals surface area contributed by atoms with Gasteiger partial charge in [-0.2, -0.15) is 18.3 Å². The Labute approximate surface area is 171 Å². The van der Waals surface area contributed by atoms with Crippen LogP contribution < -0.4 is 16.4 Å². The van der Waals surface area contributed by atoms with Crippen LogP contribution in [0.3, 0.4) is 0 Å². The van der Waals surface area contributed by atoms with Gasteiger partial charge in [-0.1, -0.05) is 0 Å². The molecule has 0 unspecified atom stereocenters. The van der Waals surface area contributed by atoms with Crippen molar-refractivity contribution in [3.63, 3.8) is 0 Å². The molecule has 0 fully saturated rings. The number of nitrogens with zero attached hydrogens (tertiary/aromatic N) is 3. The van der Waals surface area contributed by atoms with E-state index in [1.165, 1.54) is 12.3 Å². The smallest absolute Gasteiger partial charge is 0.382 e. The molecule has 0 bridgehead atoms. The molecule has 1 aromatic carbocycles. The first kappa shape index (κ1) is 20.1. The molecule has 0 aliphatic heterocycles. The topological polar surface area (TPSA) is 122 Å². The molecule has 5 N–H and O–H groups in total. The number of carbonyl (C=O) groups excluding carboxylic acids is 1. The first-order chi connectivity index (χ1) is 14.7. The third-order valence-electron chi connectivity index (χ3n) is 4.32. The fourth-order valence-corrected chi connectivity index (χ4v) is 2.88. The molecule has 31 heavy (non-hydrogen) atoms. The number of pyridine rings is 2. The van der Waals surface area contributed by atoms with Crippen molar-refractivity contribution >= 4 is 34.3 Å². The molecule has 0 atom stereocenters. The van der Waals surface area contributed by atoms with E-state index in [4.69, 9.17) is 5.73 Å². The maximum absolute atomic E-state index is 13.8. The van der Waals surface area contributed by atoms with Gasteiger partial charge in [0, 0.05) is 18.0 Å². The van der Waals surface area contributed by atoms with E-state index in [-0.39, 0.29) is 11.6 Å². The van der Waals surface area contributed by atoms with Crippen LogP contribution in [0.2, 0.25) is 0 Å². The molecule has 4 rings (SSSR count). The van der Waals surface area contributed by atoms with Crippen LogP contribution in [0.1, 0.15) is 5.56 Å². The van der Waals surface area contributed by atoms with Gasteiger partial charge in [0.05, 0.1) is 27.8 Å². The summed E-state index contributed by atoms with van der Waals surface area (Å²) >= 11 is 0. The number of aromatic nitrogens is 4. The normalized spacial score (nSPS) is 11.5. The molecule has 2 amide bonds. The molecule has 158 valence electrons.